The van der Waals surface area contributed by atoms with Crippen LogP contribution in [-0.2, 0) is 4.79 Å². The lowest BCUT2D eigenvalue weighted by Crippen LogP contribution is -2.21. The number of hydrogen-bond donors (Lipinski definition) is 0. The van der Waals surface area contributed by atoms with E-state index in [4.69, 9.17) is 0 Å². The van der Waals surface area contributed by atoms with E-state index in [0.29, 0.717) is 6.42 Å². The zero-order chi connectivity index (χ0) is 10.6. The number of carbonyl (C=O) groups is 1. The van der Waals surface area contributed by atoms with Crippen LogP contribution in [0.3, 0.4) is 0 Å². The fraction of sp³-hybridized carbons (Fsp3) is 0.417. The van der Waals surface area contributed by atoms with Crippen molar-refractivity contribution in [3.05, 3.63) is 35.5 Å². The monoisotopic (exact) mass is 191 g/mol. The molecule has 0 heterocycles. The Morgan fingerprint density at radius 2 is 1.79 bits per heavy atom. The molecule has 0 radical (unpaired) electrons. The minimum absolute atomic E-state index is 0.191. The van der Waals surface area contributed by atoms with Crippen LogP contribution >= 0.6 is 0 Å². The van der Waals surface area contributed by atoms with Gasteiger partial charge in [0.1, 0.15) is 0 Å². The first-order valence-corrected chi connectivity index (χ1v) is 4.86. The lowest BCUT2D eigenvalue weighted by Gasteiger charge is -2.10. The molecule has 1 aliphatic rings. The van der Waals surface area contributed by atoms with Gasteiger partial charge in [-0.3, -0.25) is 4.79 Å². The molecule has 14 heavy (non-hydrogen) atoms. The Balaban J connectivity index is 2.46. The van der Waals surface area contributed by atoms with Crippen LogP contribution in [0.25, 0.3) is 0 Å². The molecule has 0 bridgehead atoms. The van der Waals surface area contributed by atoms with Gasteiger partial charge in [0.25, 0.3) is 0 Å². The number of carbonyl (C=O) groups excluding carboxylic acids is 1. The fourth-order valence-corrected chi connectivity index (χ4v) is 1.32. The first kappa shape index (κ1) is 10.8. The van der Waals surface area contributed by atoms with Crippen molar-refractivity contribution in [2.24, 2.45) is 0 Å². The van der Waals surface area contributed by atoms with Gasteiger partial charge in [-0.15, -0.1) is 0 Å². The third kappa shape index (κ3) is 2.87. The van der Waals surface area contributed by atoms with Crippen molar-refractivity contribution in [1.29, 1.82) is 0 Å². The Kier molecular flexibility index (Phi) is 3.69. The Bertz CT molecular complexity index is 294. The standard InChI is InChI=1S/C12H17NO/c1-10(11-6-4-5-7-11)8-9-12(14)13(2)3/h4-7H,8-9H2,1-3H3. The van der Waals surface area contributed by atoms with E-state index in [-0.39, 0.29) is 5.91 Å². The molecule has 76 valence electrons. The molecule has 0 saturated heterocycles. The highest BCUT2D eigenvalue weighted by Gasteiger charge is 2.05. The number of nitrogens with zero attached hydrogens (tertiary/aromatic N) is 1. The van der Waals surface area contributed by atoms with Gasteiger partial charge >= 0.3 is 0 Å². The Hall–Kier alpha value is -1.31. The zero-order valence-electron chi connectivity index (χ0n) is 9.08. The molecule has 0 saturated carbocycles. The summed E-state index contributed by atoms with van der Waals surface area (Å²) in [5.74, 6) is 0.191. The SMILES string of the molecule is CC(CCC(=O)N(C)C)=C1C=CC=C1. The van der Waals surface area contributed by atoms with Crippen LogP contribution in [-0.4, -0.2) is 24.9 Å². The highest BCUT2D eigenvalue weighted by atomic mass is 16.2. The van der Waals surface area contributed by atoms with E-state index < -0.39 is 0 Å². The molecule has 0 fully saturated rings. The molecule has 0 spiro atoms. The van der Waals surface area contributed by atoms with E-state index in [1.54, 1.807) is 19.0 Å². The highest BCUT2D eigenvalue weighted by Crippen LogP contribution is 2.17. The van der Waals surface area contributed by atoms with Crippen molar-refractivity contribution in [3.8, 4) is 0 Å². The third-order valence-corrected chi connectivity index (χ3v) is 2.37. The summed E-state index contributed by atoms with van der Waals surface area (Å²) in [5.41, 5.74) is 2.53. The third-order valence-electron chi connectivity index (χ3n) is 2.37. The maximum Gasteiger partial charge on any atom is 0.222 e. The molecule has 1 aliphatic carbocycles. The van der Waals surface area contributed by atoms with Gasteiger partial charge in [-0.2, -0.15) is 0 Å². The summed E-state index contributed by atoms with van der Waals surface area (Å²) in [4.78, 5) is 13.0. The molecule has 0 unspecified atom stereocenters. The molecule has 0 N–H and O–H groups in total. The molecule has 0 aromatic carbocycles. The topological polar surface area (TPSA) is 20.3 Å². The van der Waals surface area contributed by atoms with E-state index >= 15 is 0 Å². The van der Waals surface area contributed by atoms with Gasteiger partial charge in [0.05, 0.1) is 0 Å². The molecular formula is C12H17NO. The first-order chi connectivity index (χ1) is 6.61. The van der Waals surface area contributed by atoms with Crippen LogP contribution in [0.2, 0.25) is 0 Å². The summed E-state index contributed by atoms with van der Waals surface area (Å²) in [5, 5.41) is 0. The largest absolute Gasteiger partial charge is 0.349 e. The minimum Gasteiger partial charge on any atom is -0.349 e. The van der Waals surface area contributed by atoms with Gasteiger partial charge in [0, 0.05) is 20.5 Å². The maximum atomic E-state index is 11.3. The lowest BCUT2D eigenvalue weighted by molar-refractivity contribution is -0.128. The number of hydrogen-bond acceptors (Lipinski definition) is 1. The van der Waals surface area contributed by atoms with Crippen molar-refractivity contribution in [1.82, 2.24) is 4.90 Å². The van der Waals surface area contributed by atoms with Crippen LogP contribution in [0.1, 0.15) is 19.8 Å². The quantitative estimate of drug-likeness (QED) is 0.670. The second-order valence-electron chi connectivity index (χ2n) is 3.74. The van der Waals surface area contributed by atoms with Gasteiger partial charge in [-0.1, -0.05) is 29.9 Å². The summed E-state index contributed by atoms with van der Waals surface area (Å²) >= 11 is 0. The highest BCUT2D eigenvalue weighted by molar-refractivity contribution is 5.75. The normalized spacial score (nSPS) is 13.5. The van der Waals surface area contributed by atoms with Crippen LogP contribution < -0.4 is 0 Å². The van der Waals surface area contributed by atoms with Gasteiger partial charge < -0.3 is 4.90 Å². The Labute approximate surface area is 85.6 Å². The second-order valence-corrected chi connectivity index (χ2v) is 3.74. The van der Waals surface area contributed by atoms with Crippen molar-refractivity contribution in [2.75, 3.05) is 14.1 Å². The van der Waals surface area contributed by atoms with Crippen LogP contribution in [0.4, 0.5) is 0 Å². The average molecular weight is 191 g/mol. The van der Waals surface area contributed by atoms with Crippen LogP contribution in [0.15, 0.2) is 35.5 Å². The van der Waals surface area contributed by atoms with Crippen molar-refractivity contribution >= 4 is 5.91 Å². The summed E-state index contributed by atoms with van der Waals surface area (Å²) in [6, 6.07) is 0. The van der Waals surface area contributed by atoms with E-state index in [9.17, 15) is 4.79 Å². The number of amides is 1. The summed E-state index contributed by atoms with van der Waals surface area (Å²) in [6.07, 6.45) is 9.65. The summed E-state index contributed by atoms with van der Waals surface area (Å²) in [6.45, 7) is 2.08. The van der Waals surface area contributed by atoms with Crippen molar-refractivity contribution < 1.29 is 4.79 Å². The number of allylic oxidation sites excluding steroid dienone is 6. The smallest absolute Gasteiger partial charge is 0.222 e. The molecule has 0 aliphatic heterocycles. The molecule has 0 aromatic rings. The number of rotatable bonds is 3. The fourth-order valence-electron chi connectivity index (χ4n) is 1.32. The molecule has 1 amide bonds. The van der Waals surface area contributed by atoms with E-state index in [1.165, 1.54) is 11.1 Å². The predicted molar refractivity (Wildman–Crippen MR) is 58.9 cm³/mol. The second kappa shape index (κ2) is 4.80. The average Bonchev–Trinajstić information content (AvgIpc) is 2.66. The summed E-state index contributed by atoms with van der Waals surface area (Å²) in [7, 11) is 3.58. The van der Waals surface area contributed by atoms with Gasteiger partial charge in [0.2, 0.25) is 5.91 Å². The van der Waals surface area contributed by atoms with Crippen molar-refractivity contribution in [3.63, 3.8) is 0 Å². The minimum atomic E-state index is 0.191. The van der Waals surface area contributed by atoms with E-state index in [1.807, 2.05) is 12.2 Å². The van der Waals surface area contributed by atoms with Crippen molar-refractivity contribution in [2.45, 2.75) is 19.8 Å². The first-order valence-electron chi connectivity index (χ1n) is 4.86. The lowest BCUT2D eigenvalue weighted by atomic mass is 10.1. The molecule has 0 aromatic heterocycles. The molecule has 2 heteroatoms. The van der Waals surface area contributed by atoms with Gasteiger partial charge in [-0.25, -0.2) is 0 Å². The van der Waals surface area contributed by atoms with Gasteiger partial charge in [-0.05, 0) is 18.9 Å². The molecule has 1 rings (SSSR count). The van der Waals surface area contributed by atoms with E-state index in [2.05, 4.69) is 19.1 Å². The zero-order valence-corrected chi connectivity index (χ0v) is 9.08. The Morgan fingerprint density at radius 3 is 2.29 bits per heavy atom. The molecule has 2 nitrogen and oxygen atoms in total. The van der Waals surface area contributed by atoms with Gasteiger partial charge in [0.15, 0.2) is 0 Å². The molecular weight excluding hydrogens is 174 g/mol. The van der Waals surface area contributed by atoms with Crippen LogP contribution in [0.5, 0.6) is 0 Å². The molecule has 0 atom stereocenters. The van der Waals surface area contributed by atoms with E-state index in [0.717, 1.165) is 6.42 Å². The summed E-state index contributed by atoms with van der Waals surface area (Å²) < 4.78 is 0. The van der Waals surface area contributed by atoms with Crippen LogP contribution in [0, 0.1) is 0 Å². The maximum absolute atomic E-state index is 11.3. The predicted octanol–water partition coefficient (Wildman–Crippen LogP) is 2.30. The Morgan fingerprint density at radius 1 is 1.21 bits per heavy atom.